The van der Waals surface area contributed by atoms with Crippen molar-refractivity contribution in [2.75, 3.05) is 0 Å². The quantitative estimate of drug-likeness (QED) is 0.321. The van der Waals surface area contributed by atoms with Crippen LogP contribution in [0.3, 0.4) is 0 Å². The van der Waals surface area contributed by atoms with E-state index in [-0.39, 0.29) is 114 Å². The zero-order valence-corrected chi connectivity index (χ0v) is 20.2. The van der Waals surface area contributed by atoms with Gasteiger partial charge in [0, 0.05) is 4.24 Å². The van der Waals surface area contributed by atoms with Crippen LogP contribution in [0, 0.1) is 30.0 Å². The summed E-state index contributed by atoms with van der Waals surface area (Å²) in [5, 5.41) is 8.88. The SMILES string of the molecule is [C-]#[N+]/C(C#N)=C1\Sc2[c-]cc(C(C)(C)C)[c-]c2S1.[K+].[K+]. The van der Waals surface area contributed by atoms with Gasteiger partial charge >= 0.3 is 103 Å². The number of rotatable bonds is 0. The first-order chi connectivity index (χ1) is 8.45. The van der Waals surface area contributed by atoms with Gasteiger partial charge in [-0.1, -0.05) is 26.2 Å². The molecule has 0 N–H and O–H groups in total. The minimum Gasteiger partial charge on any atom is -0.304 e. The van der Waals surface area contributed by atoms with Crippen LogP contribution in [0.2, 0.25) is 0 Å². The van der Waals surface area contributed by atoms with Gasteiger partial charge in [-0.2, -0.15) is 23.5 Å². The molecule has 0 fully saturated rings. The summed E-state index contributed by atoms with van der Waals surface area (Å²) in [6.07, 6.45) is 0. The Bertz CT molecular complexity index is 604. The number of hydrogen-bond donors (Lipinski definition) is 0. The molecule has 1 aliphatic heterocycles. The average molecular weight is 349 g/mol. The monoisotopic (exact) mass is 348 g/mol. The van der Waals surface area contributed by atoms with Gasteiger partial charge in [-0.25, -0.2) is 19.9 Å². The van der Waals surface area contributed by atoms with Crippen LogP contribution >= 0.6 is 23.5 Å². The van der Waals surface area contributed by atoms with Crippen LogP contribution in [-0.2, 0) is 5.41 Å². The summed E-state index contributed by atoms with van der Waals surface area (Å²) in [5.74, 6) is 0. The van der Waals surface area contributed by atoms with E-state index < -0.39 is 0 Å². The van der Waals surface area contributed by atoms with Crippen LogP contribution in [0.1, 0.15) is 26.3 Å². The minimum absolute atomic E-state index is 0. The summed E-state index contributed by atoms with van der Waals surface area (Å²) in [6, 6.07) is 10.5. The maximum Gasteiger partial charge on any atom is 1.00 e. The van der Waals surface area contributed by atoms with Crippen LogP contribution in [0.25, 0.3) is 4.85 Å². The number of hydrogen-bond acceptors (Lipinski definition) is 3. The summed E-state index contributed by atoms with van der Waals surface area (Å²) < 4.78 is 0.737. The normalized spacial score (nSPS) is 15.1. The molecule has 0 radical (unpaired) electrons. The van der Waals surface area contributed by atoms with Gasteiger partial charge in [0.05, 0.1) is 12.6 Å². The third kappa shape index (κ3) is 5.23. The number of allylic oxidation sites excluding steroid dienone is 1. The number of benzene rings is 1. The summed E-state index contributed by atoms with van der Waals surface area (Å²) in [4.78, 5) is 5.17. The van der Waals surface area contributed by atoms with Gasteiger partial charge in [0.1, 0.15) is 0 Å². The van der Waals surface area contributed by atoms with Crippen molar-refractivity contribution in [3.05, 3.63) is 45.1 Å². The van der Waals surface area contributed by atoms with Crippen LogP contribution in [0.5, 0.6) is 0 Å². The standard InChI is InChI=1S/C14H10N2S2.2K/c1-14(2,3)9-5-6-11-12(7-9)18-13(17-11)10(8-15)16-4;;/h5H,1-3H3;;/q-2;2*+1/b13-10+;;. The summed E-state index contributed by atoms with van der Waals surface area (Å²) in [5.41, 5.74) is 1.28. The van der Waals surface area contributed by atoms with E-state index >= 15 is 0 Å². The molecule has 20 heavy (non-hydrogen) atoms. The molecular formula is C14H10K2N2S2. The van der Waals surface area contributed by atoms with Crippen LogP contribution in [0.15, 0.2) is 25.8 Å². The third-order valence-electron chi connectivity index (χ3n) is 2.41. The van der Waals surface area contributed by atoms with E-state index in [0.29, 0.717) is 0 Å². The second-order valence-corrected chi connectivity index (χ2v) is 7.10. The maximum atomic E-state index is 8.88. The van der Waals surface area contributed by atoms with Crippen LogP contribution < -0.4 is 103 Å². The van der Waals surface area contributed by atoms with Crippen molar-refractivity contribution in [3.63, 3.8) is 0 Å². The maximum absolute atomic E-state index is 8.88. The largest absolute Gasteiger partial charge is 1.00 e. The Morgan fingerprint density at radius 1 is 1.30 bits per heavy atom. The molecule has 2 rings (SSSR count). The van der Waals surface area contributed by atoms with Crippen molar-refractivity contribution >= 4 is 23.5 Å². The van der Waals surface area contributed by atoms with E-state index in [4.69, 9.17) is 11.8 Å². The molecular weight excluding hydrogens is 338 g/mol. The molecule has 1 aliphatic rings. The molecule has 90 valence electrons. The first kappa shape index (κ1) is 21.9. The molecule has 0 spiro atoms. The van der Waals surface area contributed by atoms with E-state index in [2.05, 4.69) is 37.7 Å². The third-order valence-corrected chi connectivity index (χ3v) is 4.83. The molecule has 1 aromatic rings. The summed E-state index contributed by atoms with van der Waals surface area (Å²) >= 11 is 2.88. The molecule has 0 amide bonds. The van der Waals surface area contributed by atoms with Crippen molar-refractivity contribution in [1.82, 2.24) is 0 Å². The summed E-state index contributed by atoms with van der Waals surface area (Å²) in [6.45, 7) is 13.4. The Balaban J connectivity index is 0.00000180. The fraction of sp³-hybridized carbons (Fsp3) is 0.286. The predicted octanol–water partition coefficient (Wildman–Crippen LogP) is -1.60. The topological polar surface area (TPSA) is 28.1 Å². The molecule has 2 nitrogen and oxygen atoms in total. The van der Waals surface area contributed by atoms with Gasteiger partial charge < -0.3 is 12.1 Å². The molecule has 0 unspecified atom stereocenters. The second-order valence-electron chi connectivity index (χ2n) is 4.80. The van der Waals surface area contributed by atoms with Crippen LogP contribution in [0.4, 0.5) is 0 Å². The molecule has 0 aromatic heterocycles. The Morgan fingerprint density at radius 2 is 1.90 bits per heavy atom. The molecule has 0 bridgehead atoms. The Morgan fingerprint density at radius 3 is 2.40 bits per heavy atom. The van der Waals surface area contributed by atoms with E-state index in [1.165, 1.54) is 23.5 Å². The molecule has 0 aliphatic carbocycles. The van der Waals surface area contributed by atoms with E-state index in [1.54, 1.807) is 0 Å². The van der Waals surface area contributed by atoms with Crippen molar-refractivity contribution in [3.8, 4) is 6.07 Å². The average Bonchev–Trinajstić information content (AvgIpc) is 2.71. The fourth-order valence-corrected chi connectivity index (χ4v) is 3.63. The van der Waals surface area contributed by atoms with Gasteiger partial charge in [0.25, 0.3) is 5.70 Å². The smallest absolute Gasteiger partial charge is 0.304 e. The molecule has 6 heteroatoms. The van der Waals surface area contributed by atoms with Gasteiger partial charge in [-0.05, 0) is 0 Å². The number of thioether (sulfide) groups is 2. The zero-order valence-electron chi connectivity index (χ0n) is 12.3. The molecule has 1 aromatic carbocycles. The van der Waals surface area contributed by atoms with Crippen molar-refractivity contribution in [1.29, 1.82) is 5.26 Å². The van der Waals surface area contributed by atoms with Gasteiger partial charge in [-0.15, -0.1) is 0 Å². The van der Waals surface area contributed by atoms with Crippen LogP contribution in [-0.4, -0.2) is 0 Å². The first-order valence-corrected chi connectivity index (χ1v) is 6.95. The van der Waals surface area contributed by atoms with Gasteiger partial charge in [-0.3, -0.25) is 11.6 Å². The van der Waals surface area contributed by atoms with Gasteiger partial charge in [0.15, 0.2) is 0 Å². The van der Waals surface area contributed by atoms with E-state index in [0.717, 1.165) is 19.6 Å². The van der Waals surface area contributed by atoms with Crippen molar-refractivity contribution in [2.45, 2.75) is 36.0 Å². The van der Waals surface area contributed by atoms with Crippen molar-refractivity contribution < 1.29 is 103 Å². The number of fused-ring (bicyclic) bond motifs is 1. The fourth-order valence-electron chi connectivity index (χ4n) is 1.39. The molecule has 0 atom stereocenters. The van der Waals surface area contributed by atoms with Crippen molar-refractivity contribution in [2.24, 2.45) is 0 Å². The Kier molecular flexibility index (Phi) is 10.2. The predicted molar refractivity (Wildman–Crippen MR) is 73.8 cm³/mol. The minimum atomic E-state index is 0. The molecule has 0 saturated heterocycles. The molecule has 1 heterocycles. The zero-order chi connectivity index (χ0) is 13.3. The van der Waals surface area contributed by atoms with E-state index in [9.17, 15) is 0 Å². The second kappa shape index (κ2) is 9.27. The molecule has 0 saturated carbocycles. The van der Waals surface area contributed by atoms with E-state index in [1.807, 2.05) is 12.1 Å². The number of nitriles is 1. The Hall–Kier alpha value is 1.91. The summed E-state index contributed by atoms with van der Waals surface area (Å²) in [7, 11) is 0. The first-order valence-electron chi connectivity index (χ1n) is 5.31. The number of nitrogens with zero attached hydrogens (tertiary/aromatic N) is 2. The Labute approximate surface area is 214 Å². The van der Waals surface area contributed by atoms with Gasteiger partial charge in [0.2, 0.25) is 0 Å².